The van der Waals surface area contributed by atoms with Crippen LogP contribution in [-0.4, -0.2) is 35.0 Å². The molecule has 0 unspecified atom stereocenters. The van der Waals surface area contributed by atoms with Crippen LogP contribution in [0.1, 0.15) is 61.4 Å². The second-order valence-corrected chi connectivity index (χ2v) is 6.01. The van der Waals surface area contributed by atoms with Gasteiger partial charge in [-0.05, 0) is 49.0 Å². The van der Waals surface area contributed by atoms with E-state index in [4.69, 9.17) is 5.11 Å². The molecule has 1 heterocycles. The number of aliphatic carboxylic acids is 1. The molecule has 0 aliphatic carbocycles. The molecule has 1 aliphatic heterocycles. The van der Waals surface area contributed by atoms with Crippen molar-refractivity contribution in [2.24, 2.45) is 0 Å². The van der Waals surface area contributed by atoms with Crippen LogP contribution in [0.3, 0.4) is 0 Å². The lowest BCUT2D eigenvalue weighted by Crippen LogP contribution is -2.35. The molecule has 1 aromatic rings. The Kier molecular flexibility index (Phi) is 6.39. The first-order valence-corrected chi connectivity index (χ1v) is 8.42. The smallest absolute Gasteiger partial charge is 0.307 e. The van der Waals surface area contributed by atoms with Crippen LogP contribution in [0.5, 0.6) is 0 Å². The van der Waals surface area contributed by atoms with Gasteiger partial charge in [0.15, 0.2) is 0 Å². The zero-order chi connectivity index (χ0) is 16.7. The number of amides is 1. The summed E-state index contributed by atoms with van der Waals surface area (Å²) in [5.74, 6) is -0.724. The van der Waals surface area contributed by atoms with E-state index in [2.05, 4.69) is 6.92 Å². The molecule has 1 aliphatic rings. The molecule has 0 saturated carbocycles. The molecule has 0 aromatic heterocycles. The molecule has 23 heavy (non-hydrogen) atoms. The second kappa shape index (κ2) is 8.51. The van der Waals surface area contributed by atoms with Crippen LogP contribution in [0.4, 0.5) is 0 Å². The molecule has 2 rings (SSSR count). The van der Waals surface area contributed by atoms with Gasteiger partial charge in [0.1, 0.15) is 0 Å². The molecule has 1 amide bonds. The van der Waals surface area contributed by atoms with Crippen molar-refractivity contribution in [3.63, 3.8) is 0 Å². The summed E-state index contributed by atoms with van der Waals surface area (Å²) in [5, 5.41) is 8.84. The fourth-order valence-corrected chi connectivity index (χ4v) is 2.95. The van der Waals surface area contributed by atoms with E-state index >= 15 is 0 Å². The molecule has 0 atom stereocenters. The van der Waals surface area contributed by atoms with Gasteiger partial charge < -0.3 is 10.0 Å². The number of nitrogens with zero attached hydrogens (tertiary/aromatic N) is 1. The maximum Gasteiger partial charge on any atom is 0.307 e. The zero-order valence-electron chi connectivity index (χ0n) is 13.8. The average Bonchev–Trinajstić information content (AvgIpc) is 2.59. The Balaban J connectivity index is 2.11. The Morgan fingerprint density at radius 1 is 1.09 bits per heavy atom. The summed E-state index contributed by atoms with van der Waals surface area (Å²) in [6.07, 6.45) is 6.98. The number of benzene rings is 1. The molecule has 1 fully saturated rings. The van der Waals surface area contributed by atoms with Gasteiger partial charge in [-0.3, -0.25) is 9.59 Å². The Hall–Kier alpha value is -2.10. The fraction of sp³-hybridized carbons (Fsp3) is 0.474. The van der Waals surface area contributed by atoms with Gasteiger partial charge in [0, 0.05) is 18.7 Å². The van der Waals surface area contributed by atoms with Gasteiger partial charge in [0.25, 0.3) is 5.91 Å². The van der Waals surface area contributed by atoms with Gasteiger partial charge in [-0.15, -0.1) is 0 Å². The zero-order valence-corrected chi connectivity index (χ0v) is 13.8. The van der Waals surface area contributed by atoms with Crippen molar-refractivity contribution in [3.8, 4) is 0 Å². The summed E-state index contributed by atoms with van der Waals surface area (Å²) >= 11 is 0. The number of allylic oxidation sites excluding steroid dienone is 1. The van der Waals surface area contributed by atoms with Crippen molar-refractivity contribution in [2.75, 3.05) is 13.1 Å². The molecular weight excluding hydrogens is 290 g/mol. The summed E-state index contributed by atoms with van der Waals surface area (Å²) in [5.41, 5.74) is 2.75. The van der Waals surface area contributed by atoms with Gasteiger partial charge in [0.2, 0.25) is 0 Å². The van der Waals surface area contributed by atoms with Gasteiger partial charge in [0.05, 0.1) is 6.42 Å². The SMILES string of the molecule is CCC/C(=C\CC(=O)O)c1ccc(C(=O)N2CCCCC2)cc1. The van der Waals surface area contributed by atoms with E-state index in [1.54, 1.807) is 6.08 Å². The molecule has 1 aromatic carbocycles. The molecule has 1 N–H and O–H groups in total. The highest BCUT2D eigenvalue weighted by atomic mass is 16.4. The number of piperidine rings is 1. The second-order valence-electron chi connectivity index (χ2n) is 6.01. The van der Waals surface area contributed by atoms with E-state index in [1.807, 2.05) is 29.2 Å². The lowest BCUT2D eigenvalue weighted by Gasteiger charge is -2.26. The Morgan fingerprint density at radius 2 is 1.70 bits per heavy atom. The van der Waals surface area contributed by atoms with Gasteiger partial charge >= 0.3 is 5.97 Å². The molecule has 1 saturated heterocycles. The predicted molar refractivity (Wildman–Crippen MR) is 91.3 cm³/mol. The van der Waals surface area contributed by atoms with E-state index in [-0.39, 0.29) is 12.3 Å². The highest BCUT2D eigenvalue weighted by Gasteiger charge is 2.18. The minimum absolute atomic E-state index is 0.0315. The van der Waals surface area contributed by atoms with Crippen molar-refractivity contribution in [1.82, 2.24) is 4.90 Å². The summed E-state index contributed by atoms with van der Waals surface area (Å²) in [6.45, 7) is 3.77. The van der Waals surface area contributed by atoms with Crippen LogP contribution in [0.15, 0.2) is 30.3 Å². The summed E-state index contributed by atoms with van der Waals surface area (Å²) in [6, 6.07) is 7.58. The first kappa shape index (κ1) is 17.3. The number of carbonyl (C=O) groups excluding carboxylic acids is 1. The Morgan fingerprint density at radius 3 is 2.26 bits per heavy atom. The summed E-state index contributed by atoms with van der Waals surface area (Å²) in [7, 11) is 0. The van der Waals surface area contributed by atoms with Crippen LogP contribution in [0.25, 0.3) is 5.57 Å². The number of carboxylic acid groups (broad SMARTS) is 1. The number of hydrogen-bond acceptors (Lipinski definition) is 2. The van der Waals surface area contributed by atoms with E-state index in [0.29, 0.717) is 5.56 Å². The minimum atomic E-state index is -0.824. The van der Waals surface area contributed by atoms with E-state index in [1.165, 1.54) is 6.42 Å². The average molecular weight is 315 g/mol. The van der Waals surface area contributed by atoms with Crippen molar-refractivity contribution >= 4 is 17.4 Å². The molecule has 4 heteroatoms. The maximum atomic E-state index is 12.5. The monoisotopic (exact) mass is 315 g/mol. The van der Waals surface area contributed by atoms with Crippen LogP contribution in [-0.2, 0) is 4.79 Å². The summed E-state index contributed by atoms with van der Waals surface area (Å²) < 4.78 is 0. The molecule has 124 valence electrons. The van der Waals surface area contributed by atoms with Gasteiger partial charge in [-0.2, -0.15) is 0 Å². The molecule has 0 bridgehead atoms. The van der Waals surface area contributed by atoms with Crippen LogP contribution in [0, 0.1) is 0 Å². The topological polar surface area (TPSA) is 57.6 Å². The van der Waals surface area contributed by atoms with Gasteiger partial charge in [-0.25, -0.2) is 0 Å². The number of hydrogen-bond donors (Lipinski definition) is 1. The fourth-order valence-electron chi connectivity index (χ4n) is 2.95. The largest absolute Gasteiger partial charge is 0.481 e. The predicted octanol–water partition coefficient (Wildman–Crippen LogP) is 3.97. The molecular formula is C19H25NO3. The number of carbonyl (C=O) groups is 2. The quantitative estimate of drug-likeness (QED) is 0.864. The first-order valence-electron chi connectivity index (χ1n) is 8.42. The van der Waals surface area contributed by atoms with E-state index in [0.717, 1.165) is 49.9 Å². The van der Waals surface area contributed by atoms with E-state index < -0.39 is 5.97 Å². The lowest BCUT2D eigenvalue weighted by molar-refractivity contribution is -0.136. The molecule has 0 radical (unpaired) electrons. The Labute approximate surface area is 137 Å². The van der Waals surface area contributed by atoms with Crippen LogP contribution in [0.2, 0.25) is 0 Å². The lowest BCUT2D eigenvalue weighted by atomic mass is 9.98. The molecule has 4 nitrogen and oxygen atoms in total. The van der Waals surface area contributed by atoms with Crippen LogP contribution < -0.4 is 0 Å². The van der Waals surface area contributed by atoms with Crippen molar-refractivity contribution in [2.45, 2.75) is 45.4 Å². The normalized spacial score (nSPS) is 15.5. The number of rotatable bonds is 6. The third-order valence-electron chi connectivity index (χ3n) is 4.19. The third kappa shape index (κ3) is 4.95. The van der Waals surface area contributed by atoms with Gasteiger partial charge in [-0.1, -0.05) is 31.6 Å². The van der Waals surface area contributed by atoms with Crippen molar-refractivity contribution in [3.05, 3.63) is 41.5 Å². The third-order valence-corrected chi connectivity index (χ3v) is 4.19. The minimum Gasteiger partial charge on any atom is -0.481 e. The highest BCUT2D eigenvalue weighted by Crippen LogP contribution is 2.22. The number of carboxylic acids is 1. The maximum absolute atomic E-state index is 12.5. The standard InChI is InChI=1S/C19H25NO3/c1-2-6-15(11-12-18(21)22)16-7-9-17(10-8-16)19(23)20-13-4-3-5-14-20/h7-11H,2-6,12-14H2,1H3,(H,21,22)/b15-11+. The highest BCUT2D eigenvalue weighted by molar-refractivity contribution is 5.94. The summed E-state index contributed by atoms with van der Waals surface area (Å²) in [4.78, 5) is 25.1. The first-order chi connectivity index (χ1) is 11.1. The van der Waals surface area contributed by atoms with Crippen LogP contribution >= 0.6 is 0 Å². The molecule has 0 spiro atoms. The van der Waals surface area contributed by atoms with Crippen molar-refractivity contribution < 1.29 is 14.7 Å². The van der Waals surface area contributed by atoms with Crippen molar-refractivity contribution in [1.29, 1.82) is 0 Å². The van der Waals surface area contributed by atoms with E-state index in [9.17, 15) is 9.59 Å². The Bertz CT molecular complexity index is 569. The number of likely N-dealkylation sites (tertiary alicyclic amines) is 1.